The smallest absolute Gasteiger partial charge is 0.230 e. The summed E-state index contributed by atoms with van der Waals surface area (Å²) in [5.74, 6) is 2.00. The molecular weight excluding hydrogens is 384 g/mol. The summed E-state index contributed by atoms with van der Waals surface area (Å²) in [6, 6.07) is 5.79. The Kier molecular flexibility index (Phi) is 6.78. The minimum Gasteiger partial charge on any atom is -0.490 e. The zero-order valence-electron chi connectivity index (χ0n) is 15.7. The van der Waals surface area contributed by atoms with Gasteiger partial charge < -0.3 is 20.1 Å². The van der Waals surface area contributed by atoms with E-state index in [1.54, 1.807) is 7.05 Å². The number of hydrogen-bond acceptors (Lipinski definition) is 8. The van der Waals surface area contributed by atoms with Gasteiger partial charge in [0.15, 0.2) is 15.8 Å². The van der Waals surface area contributed by atoms with Crippen molar-refractivity contribution in [3.63, 3.8) is 0 Å². The molecule has 0 spiro atoms. The molecule has 2 N–H and O–H groups in total. The molecule has 0 saturated heterocycles. The first-order chi connectivity index (χ1) is 13.1. The Morgan fingerprint density at radius 2 is 2.04 bits per heavy atom. The number of thioether (sulfide) groups is 1. The summed E-state index contributed by atoms with van der Waals surface area (Å²) in [6.07, 6.45) is 0.868. The Bertz CT molecular complexity index is 782. The SMILES string of the molecule is CNc1nnc(SCC(=O)N[C@H](c2ccc3c(c2)OCCCO3)C(C)C)s1. The number of fused-ring (bicyclic) bond motifs is 1. The summed E-state index contributed by atoms with van der Waals surface area (Å²) in [4.78, 5) is 12.5. The molecule has 2 heterocycles. The molecule has 9 heteroatoms. The van der Waals surface area contributed by atoms with Gasteiger partial charge in [0.05, 0.1) is 25.0 Å². The lowest BCUT2D eigenvalue weighted by atomic mass is 9.95. The van der Waals surface area contributed by atoms with Crippen molar-refractivity contribution in [3.8, 4) is 11.5 Å². The minimum atomic E-state index is -0.0995. The van der Waals surface area contributed by atoms with Crippen molar-refractivity contribution in [2.75, 3.05) is 31.3 Å². The molecule has 2 aromatic rings. The highest BCUT2D eigenvalue weighted by atomic mass is 32.2. The van der Waals surface area contributed by atoms with Crippen LogP contribution in [0, 0.1) is 5.92 Å². The van der Waals surface area contributed by atoms with E-state index >= 15 is 0 Å². The Balaban J connectivity index is 1.64. The molecule has 0 bridgehead atoms. The van der Waals surface area contributed by atoms with Gasteiger partial charge in [-0.25, -0.2) is 0 Å². The number of carbonyl (C=O) groups is 1. The lowest BCUT2D eigenvalue weighted by Crippen LogP contribution is -2.33. The molecule has 0 aliphatic carbocycles. The molecule has 1 aliphatic rings. The fourth-order valence-corrected chi connectivity index (χ4v) is 4.24. The number of hydrogen-bond donors (Lipinski definition) is 2. The third kappa shape index (κ3) is 5.26. The molecule has 0 saturated carbocycles. The van der Waals surface area contributed by atoms with Gasteiger partial charge in [-0.2, -0.15) is 0 Å². The number of nitrogens with one attached hydrogen (secondary N) is 2. The molecule has 0 unspecified atom stereocenters. The van der Waals surface area contributed by atoms with Crippen LogP contribution in [0.3, 0.4) is 0 Å². The Hall–Kier alpha value is -2.00. The summed E-state index contributed by atoms with van der Waals surface area (Å²) in [5.41, 5.74) is 1.01. The van der Waals surface area contributed by atoms with Gasteiger partial charge in [0.1, 0.15) is 0 Å². The molecular formula is C18H24N4O3S2. The van der Waals surface area contributed by atoms with Crippen LogP contribution in [0.4, 0.5) is 5.13 Å². The molecule has 7 nitrogen and oxygen atoms in total. The summed E-state index contributed by atoms with van der Waals surface area (Å²) < 4.78 is 12.2. The number of carbonyl (C=O) groups excluding carboxylic acids is 1. The number of benzene rings is 1. The van der Waals surface area contributed by atoms with Crippen LogP contribution in [0.5, 0.6) is 11.5 Å². The first-order valence-electron chi connectivity index (χ1n) is 8.89. The molecule has 1 aromatic carbocycles. The van der Waals surface area contributed by atoms with Crippen LogP contribution in [0.1, 0.15) is 31.9 Å². The van der Waals surface area contributed by atoms with E-state index in [9.17, 15) is 4.79 Å². The molecule has 146 valence electrons. The van der Waals surface area contributed by atoms with Crippen LogP contribution >= 0.6 is 23.1 Å². The quantitative estimate of drug-likeness (QED) is 0.680. The number of anilines is 1. The summed E-state index contributed by atoms with van der Waals surface area (Å²) in [5, 5.41) is 14.8. The van der Waals surface area contributed by atoms with Crippen molar-refractivity contribution in [1.29, 1.82) is 0 Å². The van der Waals surface area contributed by atoms with Crippen LogP contribution < -0.4 is 20.1 Å². The average molecular weight is 409 g/mol. The third-order valence-corrected chi connectivity index (χ3v) is 6.13. The zero-order chi connectivity index (χ0) is 19.2. The fourth-order valence-electron chi connectivity index (χ4n) is 2.72. The van der Waals surface area contributed by atoms with Crippen LogP contribution in [-0.2, 0) is 4.79 Å². The van der Waals surface area contributed by atoms with Gasteiger partial charge in [-0.3, -0.25) is 4.79 Å². The fraction of sp³-hybridized carbons (Fsp3) is 0.500. The van der Waals surface area contributed by atoms with Gasteiger partial charge in [-0.1, -0.05) is 43.0 Å². The summed E-state index contributed by atoms with van der Waals surface area (Å²) >= 11 is 2.82. The Morgan fingerprint density at radius 3 is 2.74 bits per heavy atom. The molecule has 27 heavy (non-hydrogen) atoms. The number of rotatable bonds is 7. The van der Waals surface area contributed by atoms with Crippen molar-refractivity contribution < 1.29 is 14.3 Å². The monoisotopic (exact) mass is 408 g/mol. The second-order valence-electron chi connectivity index (χ2n) is 6.46. The molecule has 0 fully saturated rings. The van der Waals surface area contributed by atoms with Crippen LogP contribution in [0.15, 0.2) is 22.5 Å². The standard InChI is InChI=1S/C18H24N4O3S2/c1-11(2)16(12-5-6-13-14(9-12)25-8-4-7-24-13)20-15(23)10-26-18-22-21-17(19-3)27-18/h5-6,9,11,16H,4,7-8,10H2,1-3H3,(H,19,21)(H,20,23)/t16-/m0/s1. The van der Waals surface area contributed by atoms with Crippen molar-refractivity contribution >= 4 is 34.1 Å². The summed E-state index contributed by atoms with van der Waals surface area (Å²) in [6.45, 7) is 5.48. The Labute approximate surface area is 167 Å². The van der Waals surface area contributed by atoms with E-state index in [0.29, 0.717) is 19.0 Å². The maximum Gasteiger partial charge on any atom is 0.230 e. The number of amides is 1. The molecule has 1 aliphatic heterocycles. The van der Waals surface area contributed by atoms with E-state index < -0.39 is 0 Å². The van der Waals surface area contributed by atoms with E-state index in [-0.39, 0.29) is 17.9 Å². The second kappa shape index (κ2) is 9.27. The highest BCUT2D eigenvalue weighted by molar-refractivity contribution is 8.01. The number of aromatic nitrogens is 2. The van der Waals surface area contributed by atoms with Crippen LogP contribution in [0.2, 0.25) is 0 Å². The van der Waals surface area contributed by atoms with Crippen molar-refractivity contribution in [2.24, 2.45) is 5.92 Å². The minimum absolute atomic E-state index is 0.0352. The van der Waals surface area contributed by atoms with Crippen molar-refractivity contribution in [1.82, 2.24) is 15.5 Å². The second-order valence-corrected chi connectivity index (χ2v) is 8.66. The van der Waals surface area contributed by atoms with E-state index in [1.165, 1.54) is 23.1 Å². The van der Waals surface area contributed by atoms with Gasteiger partial charge in [0.2, 0.25) is 11.0 Å². The van der Waals surface area contributed by atoms with E-state index in [2.05, 4.69) is 34.7 Å². The molecule has 1 amide bonds. The maximum absolute atomic E-state index is 12.5. The lowest BCUT2D eigenvalue weighted by molar-refractivity contribution is -0.119. The first kappa shape index (κ1) is 19.8. The number of nitrogens with zero attached hydrogens (tertiary/aromatic N) is 2. The first-order valence-corrected chi connectivity index (χ1v) is 10.7. The molecule has 1 aromatic heterocycles. The Morgan fingerprint density at radius 1 is 1.26 bits per heavy atom. The highest BCUT2D eigenvalue weighted by Gasteiger charge is 2.21. The topological polar surface area (TPSA) is 85.4 Å². The average Bonchev–Trinajstić information content (AvgIpc) is 3.00. The van der Waals surface area contributed by atoms with Gasteiger partial charge in [0.25, 0.3) is 0 Å². The van der Waals surface area contributed by atoms with Gasteiger partial charge in [-0.15, -0.1) is 10.2 Å². The highest BCUT2D eigenvalue weighted by Crippen LogP contribution is 2.34. The number of ether oxygens (including phenoxy) is 2. The molecule has 0 radical (unpaired) electrons. The largest absolute Gasteiger partial charge is 0.490 e. The van der Waals surface area contributed by atoms with E-state index in [0.717, 1.165) is 33.0 Å². The van der Waals surface area contributed by atoms with Crippen molar-refractivity contribution in [3.05, 3.63) is 23.8 Å². The maximum atomic E-state index is 12.5. The van der Waals surface area contributed by atoms with Crippen molar-refractivity contribution in [2.45, 2.75) is 30.6 Å². The van der Waals surface area contributed by atoms with Crippen LogP contribution in [-0.4, -0.2) is 42.1 Å². The predicted octanol–water partition coefficient (Wildman–Crippen LogP) is 3.35. The van der Waals surface area contributed by atoms with Gasteiger partial charge >= 0.3 is 0 Å². The predicted molar refractivity (Wildman–Crippen MR) is 108 cm³/mol. The van der Waals surface area contributed by atoms with Gasteiger partial charge in [-0.05, 0) is 23.6 Å². The zero-order valence-corrected chi connectivity index (χ0v) is 17.3. The normalized spacial score (nSPS) is 14.5. The molecule has 3 rings (SSSR count). The van der Waals surface area contributed by atoms with E-state index in [1.807, 2.05) is 18.2 Å². The van der Waals surface area contributed by atoms with Crippen LogP contribution in [0.25, 0.3) is 0 Å². The summed E-state index contributed by atoms with van der Waals surface area (Å²) in [7, 11) is 1.80. The third-order valence-electron chi connectivity index (χ3n) is 4.06. The molecule has 1 atom stereocenters. The lowest BCUT2D eigenvalue weighted by Gasteiger charge is -2.23. The van der Waals surface area contributed by atoms with Gasteiger partial charge in [0, 0.05) is 13.5 Å². The van der Waals surface area contributed by atoms with E-state index in [4.69, 9.17) is 9.47 Å².